The van der Waals surface area contributed by atoms with E-state index < -0.39 is 19.8 Å². The van der Waals surface area contributed by atoms with Gasteiger partial charge in [0.25, 0.3) is 0 Å². The lowest BCUT2D eigenvalue weighted by Crippen LogP contribution is -2.36. The molecule has 1 N–H and O–H groups in total. The topological polar surface area (TPSA) is 24.5 Å². The number of hydrogen-bond donors (Lipinski definition) is 1. The van der Waals surface area contributed by atoms with Crippen molar-refractivity contribution in [1.82, 2.24) is 10.4 Å². The summed E-state index contributed by atoms with van der Waals surface area (Å²) in [6.07, 6.45) is -2.45. The van der Waals surface area contributed by atoms with Crippen molar-refractivity contribution in [3.05, 3.63) is 23.0 Å². The number of hydrazine groups is 1. The van der Waals surface area contributed by atoms with Gasteiger partial charge in [-0.1, -0.05) is 31.2 Å². The second-order valence-corrected chi connectivity index (χ2v) is 11.5. The molecule has 0 saturated heterocycles. The summed E-state index contributed by atoms with van der Waals surface area (Å²) in [4.78, 5) is 0. The summed E-state index contributed by atoms with van der Waals surface area (Å²) in [6, 6.07) is 0.966. The van der Waals surface area contributed by atoms with E-state index in [2.05, 4.69) is 25.1 Å². The fourth-order valence-electron chi connectivity index (χ4n) is 1.30. The fraction of sp³-hybridized carbons (Fsp3) is 0.636. The third kappa shape index (κ3) is 5.88. The highest BCUT2D eigenvalue weighted by atomic mass is 35.5. The Bertz CT molecular complexity index is 377. The molecule has 0 unspecified atom stereocenters. The van der Waals surface area contributed by atoms with Gasteiger partial charge in [0.05, 0.1) is 10.6 Å². The second kappa shape index (κ2) is 6.19. The molecule has 0 aromatic heterocycles. The molecule has 0 radical (unpaired) electrons. The third-order valence-corrected chi connectivity index (χ3v) is 4.45. The lowest BCUT2D eigenvalue weighted by atomic mass is 10.2. The smallest absolute Gasteiger partial charge is 0.360 e. The van der Waals surface area contributed by atoms with Crippen LogP contribution in [0.5, 0.6) is 0 Å². The highest BCUT2D eigenvalue weighted by Gasteiger charge is 2.37. The van der Waals surface area contributed by atoms with Crippen molar-refractivity contribution in [3.8, 4) is 0 Å². The summed E-state index contributed by atoms with van der Waals surface area (Å²) < 4.78 is 43.2. The first kappa shape index (κ1) is 16.4. The van der Waals surface area contributed by atoms with Crippen LogP contribution in [0.1, 0.15) is 0 Å². The Morgan fingerprint density at radius 3 is 2.53 bits per heavy atom. The monoisotopic (exact) mass is 314 g/mol. The highest BCUT2D eigenvalue weighted by molar-refractivity contribution is 6.76. The molecule has 1 aliphatic heterocycles. The lowest BCUT2D eigenvalue weighted by molar-refractivity contribution is -0.0915. The van der Waals surface area contributed by atoms with Gasteiger partial charge < -0.3 is 10.2 Å². The minimum absolute atomic E-state index is 0.0464. The van der Waals surface area contributed by atoms with E-state index >= 15 is 0 Å². The third-order valence-electron chi connectivity index (χ3n) is 2.43. The summed E-state index contributed by atoms with van der Waals surface area (Å²) in [6.45, 7) is 7.21. The van der Waals surface area contributed by atoms with Crippen molar-refractivity contribution in [1.29, 1.82) is 0 Å². The summed E-state index contributed by atoms with van der Waals surface area (Å²) in [5.74, 6) is 0. The van der Waals surface area contributed by atoms with Gasteiger partial charge in [0.1, 0.15) is 6.73 Å². The van der Waals surface area contributed by atoms with Gasteiger partial charge in [0, 0.05) is 27.1 Å². The normalized spacial score (nSPS) is 16.9. The number of nitrogens with one attached hydrogen (secondary N) is 1. The molecule has 0 fully saturated rings. The number of alkyl halides is 3. The van der Waals surface area contributed by atoms with Gasteiger partial charge in [-0.15, -0.1) is 0 Å². The minimum atomic E-state index is -4.47. The SMILES string of the molecule is C[Si](C)(C)CCOCN1C=C(C(F)(F)F)C(Cl)=CN1. The summed E-state index contributed by atoms with van der Waals surface area (Å²) in [5, 5.41) is 0.865. The van der Waals surface area contributed by atoms with Crippen LogP contribution in [0.25, 0.3) is 0 Å². The number of nitrogens with zero attached hydrogens (tertiary/aromatic N) is 1. The molecule has 0 aliphatic carbocycles. The van der Waals surface area contributed by atoms with E-state index in [-0.39, 0.29) is 11.8 Å². The van der Waals surface area contributed by atoms with Crippen LogP contribution in [0.3, 0.4) is 0 Å². The standard InChI is InChI=1S/C11H18ClF3N2OSi/c1-19(2,3)5-4-18-8-17-7-9(11(13,14)15)10(12)6-16-17/h6-7,16H,4-5,8H2,1-3H3. The largest absolute Gasteiger partial charge is 0.419 e. The number of rotatable bonds is 5. The molecule has 19 heavy (non-hydrogen) atoms. The zero-order chi connectivity index (χ0) is 14.7. The Hall–Kier alpha value is -0.663. The molecule has 0 amide bonds. The van der Waals surface area contributed by atoms with Crippen molar-refractivity contribution in [2.75, 3.05) is 13.3 Å². The molecular weight excluding hydrogens is 297 g/mol. The first-order chi connectivity index (χ1) is 8.59. The zero-order valence-electron chi connectivity index (χ0n) is 11.1. The van der Waals surface area contributed by atoms with E-state index in [4.69, 9.17) is 16.3 Å². The Morgan fingerprint density at radius 2 is 2.00 bits per heavy atom. The van der Waals surface area contributed by atoms with E-state index in [1.807, 2.05) is 0 Å². The van der Waals surface area contributed by atoms with Crippen LogP contribution in [-0.4, -0.2) is 32.6 Å². The van der Waals surface area contributed by atoms with Gasteiger partial charge in [-0.2, -0.15) is 13.2 Å². The van der Waals surface area contributed by atoms with Crippen LogP contribution in [0.4, 0.5) is 13.2 Å². The van der Waals surface area contributed by atoms with Gasteiger partial charge >= 0.3 is 6.18 Å². The molecule has 0 aromatic rings. The quantitative estimate of drug-likeness (QED) is 0.619. The van der Waals surface area contributed by atoms with Crippen LogP contribution >= 0.6 is 11.6 Å². The van der Waals surface area contributed by atoms with Crippen LogP contribution < -0.4 is 5.43 Å². The molecule has 3 nitrogen and oxygen atoms in total. The molecule has 1 aliphatic rings. The van der Waals surface area contributed by atoms with E-state index in [1.54, 1.807) is 0 Å². The first-order valence-corrected chi connectivity index (χ1v) is 9.94. The molecule has 0 spiro atoms. The first-order valence-electron chi connectivity index (χ1n) is 5.85. The van der Waals surface area contributed by atoms with Crippen molar-refractivity contribution >= 4 is 19.7 Å². The summed E-state index contributed by atoms with van der Waals surface area (Å²) >= 11 is 5.50. The Balaban J connectivity index is 2.47. The van der Waals surface area contributed by atoms with Gasteiger partial charge in [-0.25, -0.2) is 0 Å². The van der Waals surface area contributed by atoms with Crippen molar-refractivity contribution < 1.29 is 17.9 Å². The molecule has 110 valence electrons. The predicted molar refractivity (Wildman–Crippen MR) is 72.0 cm³/mol. The van der Waals surface area contributed by atoms with E-state index in [0.717, 1.165) is 18.4 Å². The molecule has 0 saturated carbocycles. The zero-order valence-corrected chi connectivity index (χ0v) is 12.9. The van der Waals surface area contributed by atoms with Crippen LogP contribution in [0, 0.1) is 0 Å². The maximum absolute atomic E-state index is 12.6. The van der Waals surface area contributed by atoms with E-state index in [1.165, 1.54) is 5.01 Å². The van der Waals surface area contributed by atoms with Crippen molar-refractivity contribution in [2.45, 2.75) is 31.9 Å². The average molecular weight is 315 g/mol. The van der Waals surface area contributed by atoms with Gasteiger partial charge in [-0.05, 0) is 6.04 Å². The number of hydrogen-bond acceptors (Lipinski definition) is 3. The summed E-state index contributed by atoms with van der Waals surface area (Å²) in [7, 11) is -1.19. The summed E-state index contributed by atoms with van der Waals surface area (Å²) in [5.41, 5.74) is 1.74. The Labute approximate surface area is 117 Å². The predicted octanol–water partition coefficient (Wildman–Crippen LogP) is 3.65. The number of allylic oxidation sites excluding steroid dienone is 2. The maximum Gasteiger partial charge on any atom is 0.419 e. The van der Waals surface area contributed by atoms with Crippen molar-refractivity contribution in [2.24, 2.45) is 0 Å². The highest BCUT2D eigenvalue weighted by Crippen LogP contribution is 2.34. The molecule has 1 rings (SSSR count). The fourth-order valence-corrected chi connectivity index (χ4v) is 2.26. The van der Waals surface area contributed by atoms with Gasteiger partial charge in [0.2, 0.25) is 0 Å². The Kier molecular flexibility index (Phi) is 5.34. The van der Waals surface area contributed by atoms with Crippen LogP contribution in [0.15, 0.2) is 23.0 Å². The maximum atomic E-state index is 12.6. The molecule has 0 bridgehead atoms. The lowest BCUT2D eigenvalue weighted by Gasteiger charge is -2.27. The molecular formula is C11H18ClF3N2OSi. The average Bonchev–Trinajstić information content (AvgIpc) is 2.23. The minimum Gasteiger partial charge on any atom is -0.360 e. The molecule has 0 aromatic carbocycles. The van der Waals surface area contributed by atoms with Crippen molar-refractivity contribution in [3.63, 3.8) is 0 Å². The van der Waals surface area contributed by atoms with Gasteiger partial charge in [0.15, 0.2) is 0 Å². The number of ether oxygens (including phenoxy) is 1. The van der Waals surface area contributed by atoms with Crippen LogP contribution in [-0.2, 0) is 4.74 Å². The van der Waals surface area contributed by atoms with Crippen LogP contribution in [0.2, 0.25) is 25.7 Å². The van der Waals surface area contributed by atoms with E-state index in [0.29, 0.717) is 6.61 Å². The van der Waals surface area contributed by atoms with E-state index in [9.17, 15) is 13.2 Å². The number of halogens is 4. The van der Waals surface area contributed by atoms with Gasteiger partial charge in [-0.3, -0.25) is 5.01 Å². The molecule has 8 heteroatoms. The Morgan fingerprint density at radius 1 is 1.37 bits per heavy atom. The molecule has 1 heterocycles. The molecule has 0 atom stereocenters. The second-order valence-electron chi connectivity index (χ2n) is 5.48.